The van der Waals surface area contributed by atoms with Crippen LogP contribution in [0.4, 0.5) is 0 Å². The summed E-state index contributed by atoms with van der Waals surface area (Å²) in [7, 11) is 0. The number of fused-ring (bicyclic) bond motifs is 1. The highest BCUT2D eigenvalue weighted by Gasteiger charge is 2.25. The molecule has 1 aromatic carbocycles. The Balaban J connectivity index is 2.30. The van der Waals surface area contributed by atoms with E-state index in [-0.39, 0.29) is 5.92 Å². The largest absolute Gasteiger partial charge is 0.493 e. The molecule has 0 aliphatic carbocycles. The molecule has 1 heterocycles. The number of hydrogen-bond donors (Lipinski definition) is 1. The first-order chi connectivity index (χ1) is 7.61. The van der Waals surface area contributed by atoms with Gasteiger partial charge in [-0.25, -0.2) is 0 Å². The van der Waals surface area contributed by atoms with Crippen molar-refractivity contribution < 1.29 is 9.84 Å². The minimum absolute atomic E-state index is 0.246. The Hall–Kier alpha value is -1.02. The predicted molar refractivity (Wildman–Crippen MR) is 64.6 cm³/mol. The average Bonchev–Trinajstić information content (AvgIpc) is 2.74. The molecule has 0 radical (unpaired) electrons. The van der Waals surface area contributed by atoms with Crippen LogP contribution in [0.25, 0.3) is 0 Å². The van der Waals surface area contributed by atoms with Gasteiger partial charge in [0.05, 0.1) is 12.7 Å². The lowest BCUT2D eigenvalue weighted by molar-refractivity contribution is 0.0894. The molecule has 2 unspecified atom stereocenters. The SMILES string of the molecule is CC(C)C(C)C(O)c1cccc2c1OCC2. The molecule has 1 N–H and O–H groups in total. The van der Waals surface area contributed by atoms with Gasteiger partial charge in [0.15, 0.2) is 0 Å². The first-order valence-electron chi connectivity index (χ1n) is 6.04. The molecule has 1 aliphatic heterocycles. The molecule has 2 nitrogen and oxygen atoms in total. The second-order valence-electron chi connectivity index (χ2n) is 4.98. The molecule has 1 aliphatic rings. The topological polar surface area (TPSA) is 29.5 Å². The molecule has 0 saturated carbocycles. The van der Waals surface area contributed by atoms with Crippen LogP contribution in [0.2, 0.25) is 0 Å². The fourth-order valence-corrected chi connectivity index (χ4v) is 2.12. The second-order valence-corrected chi connectivity index (χ2v) is 4.98. The second kappa shape index (κ2) is 4.46. The molecule has 88 valence electrons. The van der Waals surface area contributed by atoms with Crippen molar-refractivity contribution in [2.45, 2.75) is 33.3 Å². The first kappa shape index (κ1) is 11.5. The third-order valence-corrected chi connectivity index (χ3v) is 3.61. The maximum Gasteiger partial charge on any atom is 0.128 e. The summed E-state index contributed by atoms with van der Waals surface area (Å²) in [5.74, 6) is 1.63. The fourth-order valence-electron chi connectivity index (χ4n) is 2.12. The summed E-state index contributed by atoms with van der Waals surface area (Å²) in [6.45, 7) is 7.11. The normalized spacial score (nSPS) is 18.1. The Kier molecular flexibility index (Phi) is 3.20. The number of benzene rings is 1. The Bertz CT molecular complexity index is 371. The van der Waals surface area contributed by atoms with Crippen molar-refractivity contribution in [1.82, 2.24) is 0 Å². The minimum atomic E-state index is -0.423. The summed E-state index contributed by atoms with van der Waals surface area (Å²) < 4.78 is 5.62. The van der Waals surface area contributed by atoms with Crippen molar-refractivity contribution >= 4 is 0 Å². The Morgan fingerprint density at radius 1 is 1.25 bits per heavy atom. The van der Waals surface area contributed by atoms with E-state index in [0.29, 0.717) is 5.92 Å². The monoisotopic (exact) mass is 220 g/mol. The van der Waals surface area contributed by atoms with Crippen molar-refractivity contribution in [3.8, 4) is 5.75 Å². The summed E-state index contributed by atoms with van der Waals surface area (Å²) >= 11 is 0. The zero-order valence-corrected chi connectivity index (χ0v) is 10.2. The van der Waals surface area contributed by atoms with E-state index >= 15 is 0 Å². The summed E-state index contributed by atoms with van der Waals surface area (Å²) in [5, 5.41) is 10.3. The number of aliphatic hydroxyl groups excluding tert-OH is 1. The number of aliphatic hydroxyl groups is 1. The van der Waals surface area contributed by atoms with E-state index in [1.54, 1.807) is 0 Å². The van der Waals surface area contributed by atoms with Gasteiger partial charge in [0, 0.05) is 12.0 Å². The highest BCUT2D eigenvalue weighted by molar-refractivity contribution is 5.45. The zero-order chi connectivity index (χ0) is 11.7. The molecular weight excluding hydrogens is 200 g/mol. The number of hydrogen-bond acceptors (Lipinski definition) is 2. The third-order valence-electron chi connectivity index (χ3n) is 3.61. The van der Waals surface area contributed by atoms with E-state index in [9.17, 15) is 5.11 Å². The van der Waals surface area contributed by atoms with Crippen molar-refractivity contribution in [1.29, 1.82) is 0 Å². The Morgan fingerprint density at radius 3 is 2.69 bits per heavy atom. The Morgan fingerprint density at radius 2 is 2.00 bits per heavy atom. The van der Waals surface area contributed by atoms with Gasteiger partial charge in [-0.1, -0.05) is 39.0 Å². The van der Waals surface area contributed by atoms with Crippen molar-refractivity contribution in [2.75, 3.05) is 6.61 Å². The smallest absolute Gasteiger partial charge is 0.128 e. The van der Waals surface area contributed by atoms with Gasteiger partial charge in [-0.15, -0.1) is 0 Å². The summed E-state index contributed by atoms with van der Waals surface area (Å²) in [6, 6.07) is 6.07. The van der Waals surface area contributed by atoms with Crippen LogP contribution in [0.3, 0.4) is 0 Å². The quantitative estimate of drug-likeness (QED) is 0.848. The van der Waals surface area contributed by atoms with Crippen LogP contribution in [-0.4, -0.2) is 11.7 Å². The third kappa shape index (κ3) is 1.94. The zero-order valence-electron chi connectivity index (χ0n) is 10.2. The molecule has 0 fully saturated rings. The predicted octanol–water partition coefficient (Wildman–Crippen LogP) is 2.95. The molecule has 2 atom stereocenters. The first-order valence-corrected chi connectivity index (χ1v) is 6.04. The molecule has 0 aromatic heterocycles. The minimum Gasteiger partial charge on any atom is -0.493 e. The van der Waals surface area contributed by atoms with E-state index in [1.807, 2.05) is 12.1 Å². The molecule has 16 heavy (non-hydrogen) atoms. The van der Waals surface area contributed by atoms with Crippen molar-refractivity contribution in [2.24, 2.45) is 11.8 Å². The summed E-state index contributed by atoms with van der Waals surface area (Å²) in [6.07, 6.45) is 0.541. The molecule has 0 amide bonds. The van der Waals surface area contributed by atoms with Crippen LogP contribution in [-0.2, 0) is 6.42 Å². The lowest BCUT2D eigenvalue weighted by Crippen LogP contribution is -2.15. The molecule has 2 rings (SSSR count). The number of rotatable bonds is 3. The van der Waals surface area contributed by atoms with E-state index in [2.05, 4.69) is 26.8 Å². The van der Waals surface area contributed by atoms with E-state index < -0.39 is 6.10 Å². The highest BCUT2D eigenvalue weighted by Crippen LogP contribution is 2.37. The number of ether oxygens (including phenoxy) is 1. The van der Waals surface area contributed by atoms with Crippen LogP contribution in [0.1, 0.15) is 38.0 Å². The standard InChI is InChI=1S/C14H20O2/c1-9(2)10(3)13(15)12-6-4-5-11-7-8-16-14(11)12/h4-6,9-10,13,15H,7-8H2,1-3H3. The van der Waals surface area contributed by atoms with Gasteiger partial charge in [-0.2, -0.15) is 0 Å². The molecule has 0 spiro atoms. The maximum atomic E-state index is 10.3. The van der Waals surface area contributed by atoms with Gasteiger partial charge in [-0.3, -0.25) is 0 Å². The van der Waals surface area contributed by atoms with Gasteiger partial charge in [0.25, 0.3) is 0 Å². The fraction of sp³-hybridized carbons (Fsp3) is 0.571. The van der Waals surface area contributed by atoms with E-state index in [0.717, 1.165) is 24.3 Å². The van der Waals surface area contributed by atoms with E-state index in [1.165, 1.54) is 5.56 Å². The summed E-state index contributed by atoms with van der Waals surface area (Å²) in [4.78, 5) is 0. The van der Waals surface area contributed by atoms with E-state index in [4.69, 9.17) is 4.74 Å². The van der Waals surface area contributed by atoms with Gasteiger partial charge in [0.2, 0.25) is 0 Å². The summed E-state index contributed by atoms with van der Waals surface area (Å²) in [5.41, 5.74) is 2.18. The lowest BCUT2D eigenvalue weighted by Gasteiger charge is -2.24. The van der Waals surface area contributed by atoms with Crippen LogP contribution < -0.4 is 4.74 Å². The lowest BCUT2D eigenvalue weighted by atomic mass is 9.87. The van der Waals surface area contributed by atoms with Gasteiger partial charge < -0.3 is 9.84 Å². The molecule has 0 saturated heterocycles. The van der Waals surface area contributed by atoms with Gasteiger partial charge >= 0.3 is 0 Å². The molecule has 1 aromatic rings. The van der Waals surface area contributed by atoms with Gasteiger partial charge in [-0.05, 0) is 17.4 Å². The Labute approximate surface area is 97.3 Å². The molecule has 0 bridgehead atoms. The molecule has 2 heteroatoms. The van der Waals surface area contributed by atoms with Crippen molar-refractivity contribution in [3.05, 3.63) is 29.3 Å². The van der Waals surface area contributed by atoms with Crippen molar-refractivity contribution in [3.63, 3.8) is 0 Å². The van der Waals surface area contributed by atoms with Gasteiger partial charge in [0.1, 0.15) is 5.75 Å². The highest BCUT2D eigenvalue weighted by atomic mass is 16.5. The van der Waals surface area contributed by atoms with Crippen LogP contribution in [0.5, 0.6) is 5.75 Å². The maximum absolute atomic E-state index is 10.3. The number of para-hydroxylation sites is 1. The van der Waals surface area contributed by atoms with Crippen LogP contribution >= 0.6 is 0 Å². The van der Waals surface area contributed by atoms with Crippen LogP contribution in [0.15, 0.2) is 18.2 Å². The molecular formula is C14H20O2. The van der Waals surface area contributed by atoms with Crippen LogP contribution in [0, 0.1) is 11.8 Å². The average molecular weight is 220 g/mol.